The molecule has 1 saturated heterocycles. The van der Waals surface area contributed by atoms with Gasteiger partial charge in [-0.3, -0.25) is 4.79 Å². The van der Waals surface area contributed by atoms with Crippen LogP contribution in [-0.2, 0) is 11.2 Å². The van der Waals surface area contributed by atoms with Crippen molar-refractivity contribution in [2.45, 2.75) is 58.5 Å². The summed E-state index contributed by atoms with van der Waals surface area (Å²) in [5, 5.41) is 17.2. The number of aliphatic hydroxyl groups excluding tert-OH is 1. The van der Waals surface area contributed by atoms with Gasteiger partial charge in [0.1, 0.15) is 17.7 Å². The van der Waals surface area contributed by atoms with Crippen LogP contribution in [0.5, 0.6) is 0 Å². The molecule has 1 amide bonds. The fraction of sp³-hybridized carbons (Fsp3) is 0.379. The van der Waals surface area contributed by atoms with Gasteiger partial charge in [0.15, 0.2) is 5.70 Å². The molecule has 1 aromatic rings. The number of hydrogen-bond acceptors (Lipinski definition) is 4. The molecule has 0 spiro atoms. The SMILES string of the molecule is C/C=C1\C=NN2C(=C(O)C1)C(=O)N(CCC)C/C2=C1\C2=C(CCc3c(F)cccc31)C(F)CC=CC2. The van der Waals surface area contributed by atoms with Gasteiger partial charge in [0.05, 0.1) is 18.5 Å². The zero-order valence-corrected chi connectivity index (χ0v) is 20.7. The first-order valence-electron chi connectivity index (χ1n) is 12.7. The van der Waals surface area contributed by atoms with Crippen molar-refractivity contribution in [1.82, 2.24) is 9.91 Å². The molecule has 1 aromatic carbocycles. The molecule has 0 bridgehead atoms. The van der Waals surface area contributed by atoms with Crippen molar-refractivity contribution in [2.24, 2.45) is 5.10 Å². The number of alkyl halides is 1. The molecule has 5 nitrogen and oxygen atoms in total. The number of rotatable bonds is 2. The largest absolute Gasteiger partial charge is 0.509 e. The molecule has 0 saturated carbocycles. The van der Waals surface area contributed by atoms with E-state index in [1.54, 1.807) is 17.2 Å². The first-order chi connectivity index (χ1) is 17.4. The summed E-state index contributed by atoms with van der Waals surface area (Å²) in [6.07, 6.45) is 8.72. The van der Waals surface area contributed by atoms with Gasteiger partial charge < -0.3 is 10.0 Å². The quantitative estimate of drug-likeness (QED) is 0.507. The van der Waals surface area contributed by atoms with E-state index in [0.717, 1.165) is 17.6 Å². The number of piperazine rings is 1. The second-order valence-electron chi connectivity index (χ2n) is 9.59. The molecule has 36 heavy (non-hydrogen) atoms. The van der Waals surface area contributed by atoms with Gasteiger partial charge in [0.25, 0.3) is 5.91 Å². The number of hydrazone groups is 1. The predicted octanol–water partition coefficient (Wildman–Crippen LogP) is 6.13. The van der Waals surface area contributed by atoms with Gasteiger partial charge in [0.2, 0.25) is 0 Å². The number of benzene rings is 1. The van der Waals surface area contributed by atoms with E-state index in [2.05, 4.69) is 5.10 Å². The lowest BCUT2D eigenvalue weighted by atomic mass is 9.88. The molecular weight excluding hydrogens is 460 g/mol. The number of carbonyl (C=O) groups is 1. The van der Waals surface area contributed by atoms with Gasteiger partial charge in [-0.2, -0.15) is 5.10 Å². The number of amides is 1. The predicted molar refractivity (Wildman–Crippen MR) is 137 cm³/mol. The summed E-state index contributed by atoms with van der Waals surface area (Å²) < 4.78 is 30.6. The van der Waals surface area contributed by atoms with Crippen LogP contribution in [0.3, 0.4) is 0 Å². The van der Waals surface area contributed by atoms with Crippen molar-refractivity contribution >= 4 is 17.7 Å². The van der Waals surface area contributed by atoms with Crippen molar-refractivity contribution in [2.75, 3.05) is 13.1 Å². The van der Waals surface area contributed by atoms with Crippen LogP contribution in [0.15, 0.2) is 75.4 Å². The first kappa shape index (κ1) is 24.2. The third kappa shape index (κ3) is 4.10. The highest BCUT2D eigenvalue weighted by Gasteiger charge is 2.40. The van der Waals surface area contributed by atoms with Crippen LogP contribution in [-0.4, -0.2) is 46.4 Å². The maximum Gasteiger partial charge on any atom is 0.276 e. The van der Waals surface area contributed by atoms with Crippen molar-refractivity contribution < 1.29 is 18.7 Å². The average molecular weight is 492 g/mol. The van der Waals surface area contributed by atoms with E-state index in [-0.39, 0.29) is 36.1 Å². The maximum absolute atomic E-state index is 15.5. The summed E-state index contributed by atoms with van der Waals surface area (Å²) in [5.41, 5.74) is 5.01. The lowest BCUT2D eigenvalue weighted by molar-refractivity contribution is -0.130. The van der Waals surface area contributed by atoms with Crippen LogP contribution < -0.4 is 0 Å². The molecular formula is C29H31F2N3O2. The third-order valence-corrected chi connectivity index (χ3v) is 7.37. The fourth-order valence-corrected chi connectivity index (χ4v) is 5.58. The second kappa shape index (κ2) is 9.88. The number of nitrogens with zero attached hydrogens (tertiary/aromatic N) is 3. The van der Waals surface area contributed by atoms with E-state index in [1.165, 1.54) is 11.1 Å². The van der Waals surface area contributed by atoms with Crippen molar-refractivity contribution in [3.05, 3.63) is 87.2 Å². The number of allylic oxidation sites excluding steroid dienone is 7. The van der Waals surface area contributed by atoms with Gasteiger partial charge in [-0.25, -0.2) is 13.8 Å². The second-order valence-corrected chi connectivity index (χ2v) is 9.59. The van der Waals surface area contributed by atoms with Crippen LogP contribution in [0.1, 0.15) is 57.1 Å². The molecule has 5 rings (SSSR count). The Kier molecular flexibility index (Phi) is 6.65. The first-order valence-corrected chi connectivity index (χ1v) is 12.7. The highest BCUT2D eigenvalue weighted by atomic mass is 19.1. The van der Waals surface area contributed by atoms with Crippen molar-refractivity contribution in [3.8, 4) is 0 Å². The third-order valence-electron chi connectivity index (χ3n) is 7.37. The highest BCUT2D eigenvalue weighted by molar-refractivity contribution is 5.98. The summed E-state index contributed by atoms with van der Waals surface area (Å²) in [7, 11) is 0. The molecule has 1 fully saturated rings. The molecule has 1 unspecified atom stereocenters. The van der Waals surface area contributed by atoms with Gasteiger partial charge >= 0.3 is 0 Å². The van der Waals surface area contributed by atoms with E-state index in [0.29, 0.717) is 60.2 Å². The molecule has 2 aliphatic heterocycles. The lowest BCUT2D eigenvalue weighted by Crippen LogP contribution is -2.46. The highest BCUT2D eigenvalue weighted by Crippen LogP contribution is 2.45. The topological polar surface area (TPSA) is 56.1 Å². The number of hydrogen-bond donors (Lipinski definition) is 1. The van der Waals surface area contributed by atoms with Gasteiger partial charge in [0, 0.05) is 25.0 Å². The minimum atomic E-state index is -1.16. The Bertz CT molecular complexity index is 1290. The molecule has 1 atom stereocenters. The summed E-state index contributed by atoms with van der Waals surface area (Å²) in [6.45, 7) is 4.57. The molecule has 1 N–H and O–H groups in total. The Balaban J connectivity index is 1.85. The summed E-state index contributed by atoms with van der Waals surface area (Å²) in [6, 6.07) is 4.99. The van der Waals surface area contributed by atoms with E-state index >= 15 is 8.78 Å². The van der Waals surface area contributed by atoms with Crippen LogP contribution in [0.25, 0.3) is 5.57 Å². The summed E-state index contributed by atoms with van der Waals surface area (Å²) >= 11 is 0. The van der Waals surface area contributed by atoms with Gasteiger partial charge in [-0.05, 0) is 66.5 Å². The Labute approximate surface area is 210 Å². The maximum atomic E-state index is 15.5. The molecule has 0 radical (unpaired) electrons. The van der Waals surface area contributed by atoms with Crippen LogP contribution in [0.2, 0.25) is 0 Å². The fourth-order valence-electron chi connectivity index (χ4n) is 5.58. The molecule has 188 valence electrons. The van der Waals surface area contributed by atoms with Gasteiger partial charge in [-0.1, -0.05) is 37.3 Å². The summed E-state index contributed by atoms with van der Waals surface area (Å²) in [4.78, 5) is 15.2. The zero-order valence-electron chi connectivity index (χ0n) is 20.7. The number of halogens is 2. The number of carbonyl (C=O) groups excluding carboxylic acids is 1. The number of aliphatic hydroxyl groups is 1. The normalized spacial score (nSPS) is 25.5. The molecule has 0 aromatic heterocycles. The summed E-state index contributed by atoms with van der Waals surface area (Å²) in [5.74, 6) is -0.670. The Hall–Kier alpha value is -3.48. The van der Waals surface area contributed by atoms with Crippen LogP contribution in [0, 0.1) is 5.82 Å². The monoisotopic (exact) mass is 491 g/mol. The number of fused-ring (bicyclic) bond motifs is 2. The lowest BCUT2D eigenvalue weighted by Gasteiger charge is -2.38. The minimum absolute atomic E-state index is 0.0593. The average Bonchev–Trinajstić information content (AvgIpc) is 3.23. The van der Waals surface area contributed by atoms with Crippen molar-refractivity contribution in [1.29, 1.82) is 0 Å². The Morgan fingerprint density at radius 3 is 2.86 bits per heavy atom. The molecule has 2 heterocycles. The minimum Gasteiger partial charge on any atom is -0.509 e. The van der Waals surface area contributed by atoms with E-state index in [4.69, 9.17) is 0 Å². The zero-order chi connectivity index (χ0) is 25.4. The van der Waals surface area contributed by atoms with E-state index in [1.807, 2.05) is 38.1 Å². The standard InChI is InChI=1S/C29H31F2N3O2/c1-3-14-33-17-25(34-28(29(33)36)26(35)15-18(4-2)16-32-34)27-21-8-5-6-10-23(30)19(21)12-13-20-22(27)9-7-11-24(20)31/h4-7,9,11,16,23,35H,3,8,10,12-15,17H2,1-2H3/b18-4-,27-25-. The van der Waals surface area contributed by atoms with E-state index in [9.17, 15) is 9.90 Å². The Morgan fingerprint density at radius 1 is 1.25 bits per heavy atom. The Morgan fingerprint density at radius 2 is 2.08 bits per heavy atom. The molecule has 2 aliphatic carbocycles. The molecule has 7 heteroatoms. The van der Waals surface area contributed by atoms with Crippen LogP contribution >= 0.6 is 0 Å². The van der Waals surface area contributed by atoms with E-state index < -0.39 is 6.17 Å². The smallest absolute Gasteiger partial charge is 0.276 e. The van der Waals surface area contributed by atoms with Gasteiger partial charge in [-0.15, -0.1) is 0 Å². The molecule has 4 aliphatic rings. The van der Waals surface area contributed by atoms with Crippen molar-refractivity contribution in [3.63, 3.8) is 0 Å². The van der Waals surface area contributed by atoms with Crippen LogP contribution in [0.4, 0.5) is 8.78 Å².